The fraction of sp³-hybridized carbons (Fsp3) is 0.800. The van der Waals surface area contributed by atoms with E-state index in [1.54, 1.807) is 11.9 Å². The number of ketones is 1. The molecule has 204 valence electrons. The maximum Gasteiger partial charge on any atom is 0.410 e. The minimum Gasteiger partial charge on any atom is -0.438 e. The normalized spacial score (nSPS) is 45.5. The lowest BCUT2D eigenvalue weighted by atomic mass is 9.59. The molecule has 1 spiro atoms. The second-order valence-electron chi connectivity index (χ2n) is 13.8. The molecular weight excluding hydrogens is 470 g/mol. The van der Waals surface area contributed by atoms with Crippen LogP contribution in [0, 0.1) is 34.5 Å². The van der Waals surface area contributed by atoms with Crippen molar-refractivity contribution in [2.75, 3.05) is 13.7 Å². The maximum atomic E-state index is 14.7. The van der Waals surface area contributed by atoms with Gasteiger partial charge in [0.25, 0.3) is 0 Å². The molecule has 3 saturated carbocycles. The Morgan fingerprint density at radius 1 is 1.19 bits per heavy atom. The second kappa shape index (κ2) is 7.92. The first-order chi connectivity index (χ1) is 17.3. The number of aliphatic hydroxyl groups is 1. The van der Waals surface area contributed by atoms with E-state index in [0.717, 1.165) is 43.3 Å². The predicted octanol–water partition coefficient (Wildman–Crippen LogP) is 4.63. The van der Waals surface area contributed by atoms with E-state index in [9.17, 15) is 14.7 Å². The average Bonchev–Trinajstić information content (AvgIpc) is 3.16. The molecule has 7 nitrogen and oxygen atoms in total. The number of nitrogens with zero attached hydrogens (tertiary/aromatic N) is 1. The second-order valence-corrected chi connectivity index (χ2v) is 13.8. The third kappa shape index (κ3) is 3.29. The molecular formula is C30H43NO6. The van der Waals surface area contributed by atoms with Crippen LogP contribution < -0.4 is 0 Å². The van der Waals surface area contributed by atoms with E-state index in [1.165, 1.54) is 0 Å². The monoisotopic (exact) mass is 513 g/mol. The lowest BCUT2D eigenvalue weighted by Gasteiger charge is -2.52. The van der Waals surface area contributed by atoms with E-state index in [-0.39, 0.29) is 41.6 Å². The summed E-state index contributed by atoms with van der Waals surface area (Å²) in [6.45, 7) is 12.4. The molecule has 6 aliphatic rings. The Hall–Kier alpha value is -1.70. The van der Waals surface area contributed by atoms with Crippen molar-refractivity contribution in [3.63, 3.8) is 0 Å². The third-order valence-electron chi connectivity index (χ3n) is 11.0. The topological polar surface area (TPSA) is 85.3 Å². The molecule has 37 heavy (non-hydrogen) atoms. The molecule has 1 saturated heterocycles. The molecule has 8 atom stereocenters. The molecule has 7 heteroatoms. The molecule has 5 aliphatic carbocycles. The van der Waals surface area contributed by atoms with Gasteiger partial charge < -0.3 is 24.2 Å². The Morgan fingerprint density at radius 3 is 2.54 bits per heavy atom. The number of fused-ring (bicyclic) bond motifs is 5. The Kier molecular flexibility index (Phi) is 5.47. The van der Waals surface area contributed by atoms with E-state index in [4.69, 9.17) is 14.2 Å². The van der Waals surface area contributed by atoms with Crippen LogP contribution >= 0.6 is 0 Å². The van der Waals surface area contributed by atoms with Gasteiger partial charge in [0.1, 0.15) is 6.10 Å². The van der Waals surface area contributed by atoms with Crippen molar-refractivity contribution in [1.82, 2.24) is 4.90 Å². The minimum absolute atomic E-state index is 0.0333. The summed E-state index contributed by atoms with van der Waals surface area (Å²) in [5, 5.41) is 13.1. The van der Waals surface area contributed by atoms with Crippen LogP contribution in [0.2, 0.25) is 0 Å². The van der Waals surface area contributed by atoms with Gasteiger partial charge in [-0.15, -0.1) is 0 Å². The van der Waals surface area contributed by atoms with Gasteiger partial charge in [-0.25, -0.2) is 4.79 Å². The number of amides is 1. The van der Waals surface area contributed by atoms with E-state index < -0.39 is 35.1 Å². The standard InChI is InChI=1S/C30H43NO6/c1-16-14-29-17(2)12-21-22(27(21,3)4)20(23(29)32)13-18-15-35-28(5,6)37-25(18)30(29,34)24(16)36-26(33)31(7)19-10-8-9-11-19/h13-14,17,19-22,24-25,34H,8-12,15H2,1-7H3/t17-,20+,21-,22+,24+,25-,29+,30-/m1/s1. The zero-order chi connectivity index (χ0) is 26.7. The minimum atomic E-state index is -1.76. The quantitative estimate of drug-likeness (QED) is 0.542. The highest BCUT2D eigenvalue weighted by Crippen LogP contribution is 2.72. The van der Waals surface area contributed by atoms with E-state index in [1.807, 2.05) is 32.9 Å². The van der Waals surface area contributed by atoms with Crippen LogP contribution in [-0.2, 0) is 19.0 Å². The zero-order valence-electron chi connectivity index (χ0n) is 23.4. The molecule has 1 N–H and O–H groups in total. The van der Waals surface area contributed by atoms with Gasteiger partial charge in [0.05, 0.1) is 12.0 Å². The summed E-state index contributed by atoms with van der Waals surface area (Å²) in [6, 6.07) is 0.141. The van der Waals surface area contributed by atoms with Crippen molar-refractivity contribution in [3.05, 3.63) is 23.3 Å². The van der Waals surface area contributed by atoms with Crippen molar-refractivity contribution in [1.29, 1.82) is 0 Å². The molecule has 0 aromatic rings. The number of allylic oxidation sites excluding steroid dienone is 1. The largest absolute Gasteiger partial charge is 0.438 e. The molecule has 6 rings (SSSR count). The van der Waals surface area contributed by atoms with Gasteiger partial charge in [0, 0.05) is 19.0 Å². The molecule has 1 aliphatic heterocycles. The van der Waals surface area contributed by atoms with Crippen LogP contribution in [0.3, 0.4) is 0 Å². The number of carbonyl (C=O) groups excluding carboxylic acids is 2. The third-order valence-corrected chi connectivity index (χ3v) is 11.0. The van der Waals surface area contributed by atoms with Crippen LogP contribution in [0.5, 0.6) is 0 Å². The van der Waals surface area contributed by atoms with E-state index >= 15 is 0 Å². The van der Waals surface area contributed by atoms with Crippen LogP contribution in [0.4, 0.5) is 4.79 Å². The molecule has 4 fully saturated rings. The predicted molar refractivity (Wildman–Crippen MR) is 137 cm³/mol. The fourth-order valence-electron chi connectivity index (χ4n) is 8.92. The van der Waals surface area contributed by atoms with Gasteiger partial charge in [-0.3, -0.25) is 4.79 Å². The van der Waals surface area contributed by atoms with Crippen LogP contribution in [0.25, 0.3) is 0 Å². The van der Waals surface area contributed by atoms with Crippen molar-refractivity contribution in [2.45, 2.75) is 103 Å². The average molecular weight is 514 g/mol. The molecule has 1 heterocycles. The number of hydrogen-bond donors (Lipinski definition) is 1. The van der Waals surface area contributed by atoms with E-state index in [0.29, 0.717) is 5.92 Å². The lowest BCUT2D eigenvalue weighted by molar-refractivity contribution is -0.303. The Morgan fingerprint density at radius 2 is 1.86 bits per heavy atom. The van der Waals surface area contributed by atoms with Crippen molar-refractivity contribution in [3.8, 4) is 0 Å². The molecule has 0 aromatic heterocycles. The van der Waals surface area contributed by atoms with Gasteiger partial charge in [0.15, 0.2) is 23.3 Å². The summed E-state index contributed by atoms with van der Waals surface area (Å²) in [5.74, 6) is -0.768. The molecule has 0 unspecified atom stereocenters. The SMILES string of the molecule is CC1=C[C@]23C(=O)[C@@H](C=C4COC(C)(C)O[C@H]4[C@]2(O)[C@H]1OC(=O)N(C)C1CCCC1)[C@H]1[C@@H](C[C@H]3C)C1(C)C. The lowest BCUT2D eigenvalue weighted by Crippen LogP contribution is -2.68. The first kappa shape index (κ1) is 25.6. The van der Waals surface area contributed by atoms with Crippen LogP contribution in [0.1, 0.15) is 73.6 Å². The summed E-state index contributed by atoms with van der Waals surface area (Å²) >= 11 is 0. The summed E-state index contributed by atoms with van der Waals surface area (Å²) in [7, 11) is 1.78. The fourth-order valence-corrected chi connectivity index (χ4v) is 8.92. The summed E-state index contributed by atoms with van der Waals surface area (Å²) in [5.41, 5.74) is -1.40. The van der Waals surface area contributed by atoms with Crippen LogP contribution in [-0.4, -0.2) is 65.2 Å². The maximum absolute atomic E-state index is 14.7. The molecule has 1 amide bonds. The highest BCUT2D eigenvalue weighted by Gasteiger charge is 2.77. The molecule has 0 radical (unpaired) electrons. The number of hydrogen-bond acceptors (Lipinski definition) is 6. The Labute approximate surface area is 220 Å². The van der Waals surface area contributed by atoms with Gasteiger partial charge in [-0.05, 0) is 74.3 Å². The highest BCUT2D eigenvalue weighted by atomic mass is 16.7. The number of ether oxygens (including phenoxy) is 3. The summed E-state index contributed by atoms with van der Waals surface area (Å²) < 4.78 is 18.7. The molecule has 2 bridgehead atoms. The first-order valence-electron chi connectivity index (χ1n) is 14.2. The number of Topliss-reactive ketones (excluding diaryl/α,β-unsaturated/α-hetero) is 1. The van der Waals surface area contributed by atoms with Gasteiger partial charge >= 0.3 is 6.09 Å². The van der Waals surface area contributed by atoms with E-state index in [2.05, 4.69) is 20.8 Å². The smallest absolute Gasteiger partial charge is 0.410 e. The van der Waals surface area contributed by atoms with Gasteiger partial charge in [-0.1, -0.05) is 45.8 Å². The Bertz CT molecular complexity index is 1090. The van der Waals surface area contributed by atoms with Crippen LogP contribution in [0.15, 0.2) is 23.3 Å². The molecule has 0 aromatic carbocycles. The first-order valence-corrected chi connectivity index (χ1v) is 14.2. The van der Waals surface area contributed by atoms with Crippen molar-refractivity contribution in [2.24, 2.45) is 34.5 Å². The number of carbonyl (C=O) groups is 2. The van der Waals surface area contributed by atoms with Gasteiger partial charge in [0.2, 0.25) is 0 Å². The number of rotatable bonds is 2. The van der Waals surface area contributed by atoms with Gasteiger partial charge in [-0.2, -0.15) is 0 Å². The Balaban J connectivity index is 1.47. The van der Waals surface area contributed by atoms with Crippen molar-refractivity contribution >= 4 is 11.9 Å². The highest BCUT2D eigenvalue weighted by molar-refractivity contribution is 5.95. The summed E-state index contributed by atoms with van der Waals surface area (Å²) in [4.78, 5) is 29.9. The van der Waals surface area contributed by atoms with Crippen molar-refractivity contribution < 1.29 is 28.9 Å². The zero-order valence-corrected chi connectivity index (χ0v) is 23.4. The summed E-state index contributed by atoms with van der Waals surface area (Å²) in [6.07, 6.45) is 6.67.